The monoisotopic (exact) mass is 218 g/mol. The lowest BCUT2D eigenvalue weighted by Gasteiger charge is -2.16. The van der Waals surface area contributed by atoms with Gasteiger partial charge in [0.2, 0.25) is 0 Å². The zero-order valence-corrected chi connectivity index (χ0v) is 9.20. The van der Waals surface area contributed by atoms with Crippen molar-refractivity contribution < 1.29 is 9.47 Å². The summed E-state index contributed by atoms with van der Waals surface area (Å²) in [4.78, 5) is 0. The molecule has 80 valence electrons. The smallest absolute Gasteiger partial charge is 0.176 e. The van der Waals surface area contributed by atoms with E-state index >= 15 is 0 Å². The Hall–Kier alpha value is -0.580. The second kappa shape index (κ2) is 6.01. The molecule has 4 nitrogen and oxygen atoms in total. The van der Waals surface area contributed by atoms with E-state index in [2.05, 4.69) is 5.10 Å². The molecule has 1 aromatic rings. The molecule has 0 saturated carbocycles. The van der Waals surface area contributed by atoms with E-state index in [-0.39, 0.29) is 6.29 Å². The first-order chi connectivity index (χ1) is 6.76. The fourth-order valence-electron chi connectivity index (χ4n) is 1.12. The van der Waals surface area contributed by atoms with Crippen molar-refractivity contribution in [1.29, 1.82) is 0 Å². The molecule has 0 spiro atoms. The van der Waals surface area contributed by atoms with Crippen LogP contribution in [-0.2, 0) is 16.0 Å². The summed E-state index contributed by atoms with van der Waals surface area (Å²) in [5, 5.41) is 4.67. The second-order valence-corrected chi connectivity index (χ2v) is 3.16. The molecule has 0 fully saturated rings. The topological polar surface area (TPSA) is 36.3 Å². The van der Waals surface area contributed by atoms with Crippen molar-refractivity contribution >= 4 is 11.6 Å². The molecule has 0 bridgehead atoms. The Kier molecular flexibility index (Phi) is 4.93. The van der Waals surface area contributed by atoms with Crippen LogP contribution < -0.4 is 0 Å². The van der Waals surface area contributed by atoms with E-state index < -0.39 is 0 Å². The van der Waals surface area contributed by atoms with Crippen LogP contribution in [0.15, 0.2) is 12.4 Å². The minimum atomic E-state index is -0.249. The van der Waals surface area contributed by atoms with Crippen LogP contribution in [-0.4, -0.2) is 29.3 Å². The molecule has 0 unspecified atom stereocenters. The summed E-state index contributed by atoms with van der Waals surface area (Å²) in [7, 11) is 0. The highest BCUT2D eigenvalue weighted by Crippen LogP contribution is 2.06. The molecule has 0 amide bonds. The Morgan fingerprint density at radius 1 is 1.43 bits per heavy atom. The van der Waals surface area contributed by atoms with Crippen LogP contribution in [0.25, 0.3) is 0 Å². The molecule has 1 heterocycles. The van der Waals surface area contributed by atoms with Crippen molar-refractivity contribution in [2.24, 2.45) is 0 Å². The average Bonchev–Trinajstić information content (AvgIpc) is 2.52. The highest BCUT2D eigenvalue weighted by Gasteiger charge is 2.09. The lowest BCUT2D eigenvalue weighted by molar-refractivity contribution is -0.144. The van der Waals surface area contributed by atoms with Gasteiger partial charge in [-0.2, -0.15) is 5.10 Å². The number of nitrogens with zero attached hydrogens (tertiary/aromatic N) is 2. The van der Waals surface area contributed by atoms with Crippen LogP contribution in [0, 0.1) is 0 Å². The maximum Gasteiger partial charge on any atom is 0.176 e. The Morgan fingerprint density at radius 2 is 2.07 bits per heavy atom. The third-order valence-corrected chi connectivity index (χ3v) is 1.84. The molecule has 0 N–H and O–H groups in total. The molecule has 0 aliphatic heterocycles. The molecule has 0 aliphatic carbocycles. The first-order valence-corrected chi connectivity index (χ1v) is 5.05. The van der Waals surface area contributed by atoms with Gasteiger partial charge in [-0.1, -0.05) is 11.6 Å². The summed E-state index contributed by atoms with van der Waals surface area (Å²) < 4.78 is 12.4. The molecule has 1 aromatic heterocycles. The summed E-state index contributed by atoms with van der Waals surface area (Å²) >= 11 is 5.73. The summed E-state index contributed by atoms with van der Waals surface area (Å²) in [6, 6.07) is 0. The predicted molar refractivity (Wildman–Crippen MR) is 54.3 cm³/mol. The van der Waals surface area contributed by atoms with Crippen LogP contribution in [0.2, 0.25) is 5.02 Å². The van der Waals surface area contributed by atoms with E-state index in [4.69, 9.17) is 21.1 Å². The number of rotatable bonds is 6. The summed E-state index contributed by atoms with van der Waals surface area (Å²) in [6.45, 7) is 5.68. The lowest BCUT2D eigenvalue weighted by atomic mass is 10.6. The van der Waals surface area contributed by atoms with Crippen molar-refractivity contribution in [1.82, 2.24) is 9.78 Å². The minimum absolute atomic E-state index is 0.249. The zero-order chi connectivity index (χ0) is 10.4. The van der Waals surface area contributed by atoms with Crippen LogP contribution in [0.5, 0.6) is 0 Å². The highest BCUT2D eigenvalue weighted by atomic mass is 35.5. The van der Waals surface area contributed by atoms with E-state index in [0.29, 0.717) is 24.8 Å². The Balaban J connectivity index is 2.46. The molecule has 14 heavy (non-hydrogen) atoms. The predicted octanol–water partition coefficient (Wildman–Crippen LogP) is 1.94. The highest BCUT2D eigenvalue weighted by molar-refractivity contribution is 6.30. The van der Waals surface area contributed by atoms with E-state index in [0.717, 1.165) is 0 Å². The van der Waals surface area contributed by atoms with Crippen molar-refractivity contribution in [3.05, 3.63) is 17.4 Å². The van der Waals surface area contributed by atoms with Gasteiger partial charge in [0.1, 0.15) is 0 Å². The van der Waals surface area contributed by atoms with Crippen LogP contribution in [0.3, 0.4) is 0 Å². The number of aromatic nitrogens is 2. The number of hydrogen-bond donors (Lipinski definition) is 0. The van der Waals surface area contributed by atoms with E-state index in [1.807, 2.05) is 13.8 Å². The lowest BCUT2D eigenvalue weighted by Crippen LogP contribution is -2.23. The van der Waals surface area contributed by atoms with E-state index in [1.165, 1.54) is 0 Å². The Morgan fingerprint density at radius 3 is 2.50 bits per heavy atom. The van der Waals surface area contributed by atoms with Crippen molar-refractivity contribution in [3.8, 4) is 0 Å². The molecule has 5 heteroatoms. The number of halogens is 1. The van der Waals surface area contributed by atoms with Gasteiger partial charge in [-0.25, -0.2) is 0 Å². The van der Waals surface area contributed by atoms with Crippen molar-refractivity contribution in [2.75, 3.05) is 13.2 Å². The van der Waals surface area contributed by atoms with E-state index in [9.17, 15) is 0 Å². The molecular formula is C9H15ClN2O2. The van der Waals surface area contributed by atoms with Gasteiger partial charge in [-0.3, -0.25) is 4.68 Å². The minimum Gasteiger partial charge on any atom is -0.351 e. The van der Waals surface area contributed by atoms with E-state index in [1.54, 1.807) is 17.1 Å². The van der Waals surface area contributed by atoms with Gasteiger partial charge in [0.05, 0.1) is 17.8 Å². The third-order valence-electron chi connectivity index (χ3n) is 1.64. The molecule has 0 aliphatic rings. The summed E-state index contributed by atoms with van der Waals surface area (Å²) in [5.74, 6) is 0. The first kappa shape index (κ1) is 11.5. The molecule has 0 radical (unpaired) electrons. The van der Waals surface area contributed by atoms with Gasteiger partial charge in [-0.15, -0.1) is 0 Å². The van der Waals surface area contributed by atoms with Gasteiger partial charge >= 0.3 is 0 Å². The molecular weight excluding hydrogens is 204 g/mol. The van der Waals surface area contributed by atoms with Gasteiger partial charge in [-0.05, 0) is 13.8 Å². The molecule has 0 aromatic carbocycles. The fourth-order valence-corrected chi connectivity index (χ4v) is 1.27. The van der Waals surface area contributed by atoms with Crippen molar-refractivity contribution in [3.63, 3.8) is 0 Å². The summed E-state index contributed by atoms with van der Waals surface area (Å²) in [6.07, 6.45) is 3.09. The van der Waals surface area contributed by atoms with Gasteiger partial charge in [0, 0.05) is 19.4 Å². The maximum atomic E-state index is 5.73. The number of ether oxygens (including phenoxy) is 2. The maximum absolute atomic E-state index is 5.73. The quantitative estimate of drug-likeness (QED) is 0.685. The molecule has 0 saturated heterocycles. The fraction of sp³-hybridized carbons (Fsp3) is 0.667. The average molecular weight is 219 g/mol. The largest absolute Gasteiger partial charge is 0.351 e. The Bertz CT molecular complexity index is 259. The normalized spacial score (nSPS) is 11.1. The Labute approximate surface area is 88.8 Å². The van der Waals surface area contributed by atoms with Crippen molar-refractivity contribution in [2.45, 2.75) is 26.7 Å². The van der Waals surface area contributed by atoms with Crippen LogP contribution in [0.1, 0.15) is 13.8 Å². The van der Waals surface area contributed by atoms with Gasteiger partial charge in [0.15, 0.2) is 6.29 Å². The zero-order valence-electron chi connectivity index (χ0n) is 8.44. The van der Waals surface area contributed by atoms with Gasteiger partial charge < -0.3 is 9.47 Å². The number of hydrogen-bond acceptors (Lipinski definition) is 3. The molecule has 0 atom stereocenters. The van der Waals surface area contributed by atoms with Crippen LogP contribution >= 0.6 is 11.6 Å². The van der Waals surface area contributed by atoms with Crippen LogP contribution in [0.4, 0.5) is 0 Å². The summed E-state index contributed by atoms with van der Waals surface area (Å²) in [5.41, 5.74) is 0. The standard InChI is InChI=1S/C9H15ClN2O2/c1-3-13-9(14-4-2)7-12-6-8(10)5-11-12/h5-6,9H,3-4,7H2,1-2H3. The van der Waals surface area contributed by atoms with Gasteiger partial charge in [0.25, 0.3) is 0 Å². The first-order valence-electron chi connectivity index (χ1n) is 4.67. The third kappa shape index (κ3) is 3.65. The second-order valence-electron chi connectivity index (χ2n) is 2.72. The SMILES string of the molecule is CCOC(Cn1cc(Cl)cn1)OCC. The molecule has 1 rings (SSSR count).